The third kappa shape index (κ3) is 6.47. The van der Waals surface area contributed by atoms with Gasteiger partial charge in [0.1, 0.15) is 0 Å². The summed E-state index contributed by atoms with van der Waals surface area (Å²) in [5, 5.41) is 0. The van der Waals surface area contributed by atoms with E-state index in [2.05, 4.69) is 130 Å². The predicted octanol–water partition coefficient (Wildman–Crippen LogP) is 11.1. The maximum absolute atomic E-state index is 4.22. The van der Waals surface area contributed by atoms with Crippen LogP contribution >= 0.6 is 11.8 Å². The molecule has 4 aromatic carbocycles. The van der Waals surface area contributed by atoms with Crippen LogP contribution in [0.1, 0.15) is 102 Å². The van der Waals surface area contributed by atoms with Crippen molar-refractivity contribution >= 4 is 22.8 Å². The average molecular weight is 840 g/mol. The zero-order chi connectivity index (χ0) is 33.8. The van der Waals surface area contributed by atoms with Crippen LogP contribution in [0.25, 0.3) is 33.7 Å². The van der Waals surface area contributed by atoms with Crippen LogP contribution in [-0.2, 0) is 30.9 Å². The van der Waals surface area contributed by atoms with Crippen LogP contribution < -0.4 is 4.57 Å². The second-order valence-electron chi connectivity index (χ2n) is 15.1. The number of para-hydroxylation sites is 2. The molecule has 49 heavy (non-hydrogen) atoms. The standard InChI is InChI=1S/C33H37N2S.C11H8N.Ir/c1-20(2)22-11-9-12-23(21(3)4)30(22)34-19-35-27-17-24-25(33(7,8)16-15-32(24,5)6)18-29(27)36-28-14-10-13-26(34)31(28)35;1-2-6-10(7-3-1)11-8-4-5-9-12-11;/h9-14,18,20-21H,15-16H2,1-8H3;1-6,8-9H;/q2*-1;+3. The topological polar surface area (TPSA) is 21.7 Å². The van der Waals surface area contributed by atoms with Crippen molar-refractivity contribution in [1.29, 1.82) is 0 Å². The van der Waals surface area contributed by atoms with Gasteiger partial charge >= 0.3 is 20.1 Å². The van der Waals surface area contributed by atoms with E-state index in [1.165, 1.54) is 61.6 Å². The van der Waals surface area contributed by atoms with Gasteiger partial charge < -0.3 is 9.55 Å². The van der Waals surface area contributed by atoms with Gasteiger partial charge in [-0.25, -0.2) is 0 Å². The number of benzene rings is 4. The van der Waals surface area contributed by atoms with Gasteiger partial charge in [0.15, 0.2) is 0 Å². The predicted molar refractivity (Wildman–Crippen MR) is 199 cm³/mol. The Balaban J connectivity index is 0.000000270. The van der Waals surface area contributed by atoms with Gasteiger partial charge in [0.05, 0.1) is 16.7 Å². The third-order valence-corrected chi connectivity index (χ3v) is 11.2. The minimum atomic E-state index is 0. The van der Waals surface area contributed by atoms with Crippen LogP contribution in [0.5, 0.6) is 0 Å². The Morgan fingerprint density at radius 3 is 2.14 bits per heavy atom. The summed E-state index contributed by atoms with van der Waals surface area (Å²) >= 11 is 1.89. The molecule has 0 atom stereocenters. The summed E-state index contributed by atoms with van der Waals surface area (Å²) in [4.78, 5) is 6.80. The van der Waals surface area contributed by atoms with Crippen molar-refractivity contribution in [3.63, 3.8) is 0 Å². The van der Waals surface area contributed by atoms with Gasteiger partial charge in [0.2, 0.25) is 0 Å². The van der Waals surface area contributed by atoms with Crippen LogP contribution in [-0.4, -0.2) is 9.55 Å². The normalized spacial score (nSPS) is 15.2. The minimum Gasteiger partial charge on any atom is -0.313 e. The van der Waals surface area contributed by atoms with E-state index in [0.717, 1.165) is 16.9 Å². The smallest absolute Gasteiger partial charge is 0.313 e. The van der Waals surface area contributed by atoms with Crippen molar-refractivity contribution in [3.05, 3.63) is 132 Å². The molecule has 2 aromatic heterocycles. The summed E-state index contributed by atoms with van der Waals surface area (Å²) in [6.45, 7) is 18.7. The summed E-state index contributed by atoms with van der Waals surface area (Å²) in [6.07, 6.45) is 8.03. The fourth-order valence-corrected chi connectivity index (χ4v) is 8.30. The van der Waals surface area contributed by atoms with Crippen molar-refractivity contribution in [3.8, 4) is 22.6 Å². The first-order valence-electron chi connectivity index (χ1n) is 17.3. The Morgan fingerprint density at radius 2 is 1.49 bits per heavy atom. The molecule has 3 heterocycles. The van der Waals surface area contributed by atoms with Gasteiger partial charge in [-0.3, -0.25) is 4.57 Å². The molecule has 0 fully saturated rings. The number of imidazole rings is 1. The van der Waals surface area contributed by atoms with Crippen LogP contribution in [0, 0.1) is 18.5 Å². The van der Waals surface area contributed by atoms with E-state index in [1.54, 1.807) is 6.20 Å². The molecule has 0 spiro atoms. The number of hydrogen-bond acceptors (Lipinski definition) is 2. The number of hydrogen-bond donors (Lipinski definition) is 0. The molecule has 0 amide bonds. The summed E-state index contributed by atoms with van der Waals surface area (Å²) in [7, 11) is 0. The summed E-state index contributed by atoms with van der Waals surface area (Å²) in [5.41, 5.74) is 12.8. The molecule has 2 aliphatic rings. The summed E-state index contributed by atoms with van der Waals surface area (Å²) < 4.78 is 4.64. The van der Waals surface area contributed by atoms with E-state index in [-0.39, 0.29) is 30.9 Å². The third-order valence-electron chi connectivity index (χ3n) is 10.1. The molecule has 1 aliphatic heterocycles. The molecule has 3 nitrogen and oxygen atoms in total. The van der Waals surface area contributed by atoms with Gasteiger partial charge in [-0.05, 0) is 52.2 Å². The van der Waals surface area contributed by atoms with Crippen LogP contribution in [0.4, 0.5) is 0 Å². The molecular formula is C44H45IrN3S+. The summed E-state index contributed by atoms with van der Waals surface area (Å²) in [5.74, 6) is 0.851. The van der Waals surface area contributed by atoms with Crippen molar-refractivity contribution < 1.29 is 24.7 Å². The maximum atomic E-state index is 4.22. The van der Waals surface area contributed by atoms with Gasteiger partial charge in [-0.2, -0.15) is 29.5 Å². The Kier molecular flexibility index (Phi) is 9.85. The first-order valence-corrected chi connectivity index (χ1v) is 18.1. The molecule has 1 aliphatic carbocycles. The van der Waals surface area contributed by atoms with E-state index in [1.807, 2.05) is 54.2 Å². The molecule has 0 radical (unpaired) electrons. The van der Waals surface area contributed by atoms with Crippen LogP contribution in [0.3, 0.4) is 0 Å². The fourth-order valence-electron chi connectivity index (χ4n) is 7.21. The number of nitrogens with zero attached hydrogens (tertiary/aromatic N) is 3. The van der Waals surface area contributed by atoms with Crippen LogP contribution in [0.2, 0.25) is 0 Å². The number of rotatable bonds is 4. The molecule has 6 aromatic rings. The zero-order valence-corrected chi connectivity index (χ0v) is 33.0. The van der Waals surface area contributed by atoms with Crippen molar-refractivity contribution in [2.45, 2.75) is 101 Å². The SMILES string of the molecule is CC(C)c1cccc(C(C)C)c1-n1[c-][n+]2c3c(cccc31)Sc1cc3c([c-]c1-2)C(C)(C)CCC3(C)C.[Ir+3].[c-]1ccccc1-c1ccccn1. The number of aromatic nitrogens is 3. The monoisotopic (exact) mass is 840 g/mol. The minimum absolute atomic E-state index is 0. The maximum Gasteiger partial charge on any atom is 3.00 e. The Labute approximate surface area is 310 Å². The first-order chi connectivity index (χ1) is 23.0. The van der Waals surface area contributed by atoms with E-state index in [0.29, 0.717) is 11.8 Å². The zero-order valence-electron chi connectivity index (χ0n) is 29.8. The Morgan fingerprint density at radius 1 is 0.796 bits per heavy atom. The molecule has 0 bridgehead atoms. The van der Waals surface area contributed by atoms with Crippen molar-refractivity contribution in [2.75, 3.05) is 0 Å². The number of pyridine rings is 1. The fraction of sp³-hybridized carbons (Fsp3) is 0.318. The van der Waals surface area contributed by atoms with Gasteiger partial charge in [0.25, 0.3) is 6.33 Å². The van der Waals surface area contributed by atoms with E-state index in [4.69, 9.17) is 0 Å². The van der Waals surface area contributed by atoms with E-state index < -0.39 is 0 Å². The Bertz CT molecular complexity index is 2050. The molecule has 0 N–H and O–H groups in total. The molecular weight excluding hydrogens is 795 g/mol. The van der Waals surface area contributed by atoms with Crippen LogP contribution in [0.15, 0.2) is 101 Å². The second-order valence-corrected chi connectivity index (χ2v) is 16.2. The van der Waals surface area contributed by atoms with E-state index in [9.17, 15) is 0 Å². The molecule has 0 unspecified atom stereocenters. The molecule has 250 valence electrons. The first kappa shape index (κ1) is 35.3. The summed E-state index contributed by atoms with van der Waals surface area (Å²) in [6, 6.07) is 36.8. The largest absolute Gasteiger partial charge is 3.00 e. The second kappa shape index (κ2) is 13.7. The molecule has 5 heteroatoms. The van der Waals surface area contributed by atoms with Crippen molar-refractivity contribution in [1.82, 2.24) is 9.55 Å². The van der Waals surface area contributed by atoms with Gasteiger partial charge in [-0.1, -0.05) is 121 Å². The molecule has 0 saturated heterocycles. The molecule has 8 rings (SSSR count). The number of fused-ring (bicyclic) bond motifs is 3. The Hall–Kier alpha value is -3.50. The van der Waals surface area contributed by atoms with Gasteiger partial charge in [-0.15, -0.1) is 41.5 Å². The van der Waals surface area contributed by atoms with Crippen molar-refractivity contribution in [2.24, 2.45) is 0 Å². The van der Waals surface area contributed by atoms with Gasteiger partial charge in [0, 0.05) is 11.1 Å². The van der Waals surface area contributed by atoms with E-state index >= 15 is 0 Å². The average Bonchev–Trinajstić information content (AvgIpc) is 3.48. The quantitative estimate of drug-likeness (QED) is 0.130. The molecule has 0 saturated carbocycles.